The fourth-order valence-corrected chi connectivity index (χ4v) is 3.77. The lowest BCUT2D eigenvalue weighted by Crippen LogP contribution is -2.33. The second kappa shape index (κ2) is 11.0. The molecule has 2 N–H and O–H groups in total. The average Bonchev–Trinajstić information content (AvgIpc) is 3.06. The lowest BCUT2D eigenvalue weighted by Gasteiger charge is -2.22. The number of carbonyl (C=O) groups is 1. The number of halogens is 3. The minimum absolute atomic E-state index is 0. The minimum Gasteiger partial charge on any atom is -0.351 e. The number of carbonyl (C=O) groups excluding carboxylic acids is 1. The normalized spacial score (nSPS) is 16.4. The largest absolute Gasteiger partial charge is 0.351 e. The summed E-state index contributed by atoms with van der Waals surface area (Å²) in [4.78, 5) is 16.6. The van der Waals surface area contributed by atoms with Crippen LogP contribution in [0.3, 0.4) is 0 Å². The standard InChI is InChI=1S/C17H20ClN3OS.2ClH/c18-14-5-1-4-13(9-14)17-21-15(11-23-17)16(22)20-8-6-12-3-2-7-19-10-12;;/h1,4-5,9,11-12,19H,2-3,6-8,10H2,(H,20,22);2*1H. The third-order valence-corrected chi connectivity index (χ3v) is 5.17. The monoisotopic (exact) mass is 421 g/mol. The van der Waals surface area contributed by atoms with Gasteiger partial charge in [-0.1, -0.05) is 23.7 Å². The van der Waals surface area contributed by atoms with Gasteiger partial charge in [0.2, 0.25) is 0 Å². The molecule has 25 heavy (non-hydrogen) atoms. The van der Waals surface area contributed by atoms with Crippen LogP contribution >= 0.6 is 47.8 Å². The Labute approximate surface area is 169 Å². The lowest BCUT2D eigenvalue weighted by atomic mass is 9.96. The molecule has 0 radical (unpaired) electrons. The first-order valence-corrected chi connectivity index (χ1v) is 9.18. The van der Waals surface area contributed by atoms with E-state index >= 15 is 0 Å². The molecule has 1 unspecified atom stereocenters. The maximum Gasteiger partial charge on any atom is 0.270 e. The van der Waals surface area contributed by atoms with Crippen LogP contribution in [0.15, 0.2) is 29.6 Å². The highest BCUT2D eigenvalue weighted by molar-refractivity contribution is 7.13. The van der Waals surface area contributed by atoms with Crippen LogP contribution in [0.4, 0.5) is 0 Å². The molecule has 2 heterocycles. The summed E-state index contributed by atoms with van der Waals surface area (Å²) >= 11 is 7.46. The second-order valence-corrected chi connectivity index (χ2v) is 7.10. The summed E-state index contributed by atoms with van der Waals surface area (Å²) in [6.07, 6.45) is 3.50. The van der Waals surface area contributed by atoms with E-state index in [1.165, 1.54) is 24.2 Å². The number of benzene rings is 1. The van der Waals surface area contributed by atoms with Gasteiger partial charge in [0, 0.05) is 22.5 Å². The number of amides is 1. The Morgan fingerprint density at radius 2 is 2.24 bits per heavy atom. The molecule has 1 aliphatic heterocycles. The molecule has 1 aromatic carbocycles. The van der Waals surface area contributed by atoms with Crippen molar-refractivity contribution in [3.63, 3.8) is 0 Å². The molecule has 0 saturated carbocycles. The molecule has 3 rings (SSSR count). The van der Waals surface area contributed by atoms with Gasteiger partial charge in [0.15, 0.2) is 0 Å². The van der Waals surface area contributed by atoms with Crippen LogP contribution in [0.5, 0.6) is 0 Å². The van der Waals surface area contributed by atoms with E-state index in [0.717, 1.165) is 30.1 Å². The van der Waals surface area contributed by atoms with Crippen LogP contribution in [0.2, 0.25) is 5.02 Å². The number of hydrogen-bond donors (Lipinski definition) is 2. The molecule has 1 amide bonds. The molecule has 1 aliphatic rings. The average molecular weight is 423 g/mol. The van der Waals surface area contributed by atoms with Gasteiger partial charge in [0.25, 0.3) is 5.91 Å². The van der Waals surface area contributed by atoms with E-state index < -0.39 is 0 Å². The first kappa shape index (κ1) is 22.2. The zero-order valence-electron chi connectivity index (χ0n) is 13.7. The quantitative estimate of drug-likeness (QED) is 0.749. The van der Waals surface area contributed by atoms with Crippen LogP contribution in [0.25, 0.3) is 10.6 Å². The smallest absolute Gasteiger partial charge is 0.270 e. The van der Waals surface area contributed by atoms with Gasteiger partial charge in [0.1, 0.15) is 10.7 Å². The van der Waals surface area contributed by atoms with Crippen molar-refractivity contribution >= 4 is 53.7 Å². The fraction of sp³-hybridized carbons (Fsp3) is 0.412. The van der Waals surface area contributed by atoms with Crippen molar-refractivity contribution in [2.75, 3.05) is 19.6 Å². The first-order valence-electron chi connectivity index (χ1n) is 7.93. The molecule has 0 bridgehead atoms. The van der Waals surface area contributed by atoms with E-state index in [1.807, 2.05) is 24.3 Å². The van der Waals surface area contributed by atoms with Gasteiger partial charge in [-0.3, -0.25) is 4.79 Å². The summed E-state index contributed by atoms with van der Waals surface area (Å²) in [6.45, 7) is 2.88. The summed E-state index contributed by atoms with van der Waals surface area (Å²) in [5.74, 6) is 0.569. The van der Waals surface area contributed by atoms with Gasteiger partial charge in [-0.2, -0.15) is 0 Å². The maximum atomic E-state index is 12.2. The van der Waals surface area contributed by atoms with Gasteiger partial charge in [-0.15, -0.1) is 36.2 Å². The summed E-state index contributed by atoms with van der Waals surface area (Å²) in [5.41, 5.74) is 1.42. The number of nitrogens with one attached hydrogen (secondary N) is 2. The zero-order chi connectivity index (χ0) is 16.1. The van der Waals surface area contributed by atoms with Crippen LogP contribution in [-0.4, -0.2) is 30.5 Å². The van der Waals surface area contributed by atoms with E-state index in [9.17, 15) is 4.79 Å². The first-order chi connectivity index (χ1) is 11.2. The SMILES string of the molecule is Cl.Cl.O=C(NCCC1CCCNC1)c1csc(-c2cccc(Cl)c2)n1. The number of thiazole rings is 1. The Balaban J connectivity index is 0.00000156. The highest BCUT2D eigenvalue weighted by atomic mass is 35.5. The molecule has 4 nitrogen and oxygen atoms in total. The molecule has 1 saturated heterocycles. The number of piperidine rings is 1. The van der Waals surface area contributed by atoms with Crippen molar-refractivity contribution in [2.24, 2.45) is 5.92 Å². The summed E-state index contributed by atoms with van der Waals surface area (Å²) in [5, 5.41) is 9.65. The lowest BCUT2D eigenvalue weighted by molar-refractivity contribution is 0.0946. The van der Waals surface area contributed by atoms with E-state index in [0.29, 0.717) is 23.2 Å². The van der Waals surface area contributed by atoms with E-state index in [2.05, 4.69) is 15.6 Å². The molecular formula is C17H22Cl3N3OS. The Morgan fingerprint density at radius 1 is 1.40 bits per heavy atom. The van der Waals surface area contributed by atoms with Crippen molar-refractivity contribution in [3.05, 3.63) is 40.4 Å². The fourth-order valence-electron chi connectivity index (χ4n) is 2.78. The molecule has 1 fully saturated rings. The third-order valence-electron chi connectivity index (χ3n) is 4.05. The summed E-state index contributed by atoms with van der Waals surface area (Å²) < 4.78 is 0. The van der Waals surface area contributed by atoms with Crippen molar-refractivity contribution in [1.29, 1.82) is 0 Å². The Hall–Kier alpha value is -0.850. The van der Waals surface area contributed by atoms with Crippen molar-refractivity contribution in [1.82, 2.24) is 15.6 Å². The van der Waals surface area contributed by atoms with Crippen molar-refractivity contribution < 1.29 is 4.79 Å². The minimum atomic E-state index is -0.0988. The molecule has 1 atom stereocenters. The Bertz CT molecular complexity index is 675. The molecule has 8 heteroatoms. The van der Waals surface area contributed by atoms with E-state index in [-0.39, 0.29) is 30.7 Å². The predicted octanol–water partition coefficient (Wildman–Crippen LogP) is 4.43. The van der Waals surface area contributed by atoms with Gasteiger partial charge >= 0.3 is 0 Å². The van der Waals surface area contributed by atoms with E-state index in [1.54, 1.807) is 5.38 Å². The molecular weight excluding hydrogens is 401 g/mol. The number of hydrogen-bond acceptors (Lipinski definition) is 4. The third kappa shape index (κ3) is 6.42. The maximum absolute atomic E-state index is 12.2. The van der Waals surface area contributed by atoms with Crippen LogP contribution in [0.1, 0.15) is 29.8 Å². The molecule has 0 spiro atoms. The number of aromatic nitrogens is 1. The van der Waals surface area contributed by atoms with E-state index in [4.69, 9.17) is 11.6 Å². The van der Waals surface area contributed by atoms with Crippen LogP contribution in [-0.2, 0) is 0 Å². The summed E-state index contributed by atoms with van der Waals surface area (Å²) in [7, 11) is 0. The summed E-state index contributed by atoms with van der Waals surface area (Å²) in [6, 6.07) is 7.52. The molecule has 0 aliphatic carbocycles. The highest BCUT2D eigenvalue weighted by Crippen LogP contribution is 2.26. The van der Waals surface area contributed by atoms with Gasteiger partial charge in [0.05, 0.1) is 0 Å². The van der Waals surface area contributed by atoms with Crippen molar-refractivity contribution in [3.8, 4) is 10.6 Å². The van der Waals surface area contributed by atoms with Gasteiger partial charge < -0.3 is 10.6 Å². The van der Waals surface area contributed by atoms with Crippen molar-refractivity contribution in [2.45, 2.75) is 19.3 Å². The topological polar surface area (TPSA) is 54.0 Å². The molecule has 2 aromatic rings. The number of nitrogens with zero attached hydrogens (tertiary/aromatic N) is 1. The highest BCUT2D eigenvalue weighted by Gasteiger charge is 2.15. The van der Waals surface area contributed by atoms with Crippen LogP contribution in [0, 0.1) is 5.92 Å². The number of rotatable bonds is 5. The Morgan fingerprint density at radius 3 is 2.96 bits per heavy atom. The molecule has 138 valence electrons. The predicted molar refractivity (Wildman–Crippen MR) is 110 cm³/mol. The van der Waals surface area contributed by atoms with Gasteiger partial charge in [-0.05, 0) is 50.4 Å². The van der Waals surface area contributed by atoms with Gasteiger partial charge in [-0.25, -0.2) is 4.98 Å². The van der Waals surface area contributed by atoms with Crippen LogP contribution < -0.4 is 10.6 Å². The Kier molecular flexibility index (Phi) is 9.75. The second-order valence-electron chi connectivity index (χ2n) is 5.81. The molecule has 1 aromatic heterocycles. The zero-order valence-corrected chi connectivity index (χ0v) is 16.9.